The zero-order chi connectivity index (χ0) is 8.72. The Balaban J connectivity index is 2.57. The van der Waals surface area contributed by atoms with E-state index in [1.54, 1.807) is 6.92 Å². The van der Waals surface area contributed by atoms with Gasteiger partial charge in [0.15, 0.2) is 5.69 Å². The van der Waals surface area contributed by atoms with Crippen molar-refractivity contribution in [1.82, 2.24) is 15.5 Å². The summed E-state index contributed by atoms with van der Waals surface area (Å²) in [6, 6.07) is 0. The standard InChI is InChI=1S/C7H7N3O2/c1-3-4-2-5(11)8-7(12)6(4)10-9-3/h2H2,1H3,(H,9,10)(H,8,11,12). The average molecular weight is 165 g/mol. The van der Waals surface area contributed by atoms with Crippen LogP contribution < -0.4 is 5.32 Å². The number of nitrogens with one attached hydrogen (secondary N) is 2. The first-order valence-corrected chi connectivity index (χ1v) is 3.56. The maximum absolute atomic E-state index is 11.1. The van der Waals surface area contributed by atoms with Gasteiger partial charge in [0.2, 0.25) is 5.91 Å². The molecule has 1 aromatic heterocycles. The van der Waals surface area contributed by atoms with Crippen molar-refractivity contribution >= 4 is 11.8 Å². The van der Waals surface area contributed by atoms with Gasteiger partial charge in [-0.1, -0.05) is 0 Å². The van der Waals surface area contributed by atoms with Crippen molar-refractivity contribution in [2.75, 3.05) is 0 Å². The van der Waals surface area contributed by atoms with Crippen LogP contribution in [-0.2, 0) is 11.2 Å². The first-order chi connectivity index (χ1) is 5.68. The van der Waals surface area contributed by atoms with Crippen LogP contribution in [0.2, 0.25) is 0 Å². The van der Waals surface area contributed by atoms with E-state index in [1.807, 2.05) is 0 Å². The summed E-state index contributed by atoms with van der Waals surface area (Å²) in [6.45, 7) is 1.79. The Bertz CT molecular complexity index is 367. The Labute approximate surface area is 68.2 Å². The molecule has 2 heterocycles. The van der Waals surface area contributed by atoms with Crippen LogP contribution in [0.25, 0.3) is 0 Å². The molecule has 0 atom stereocenters. The minimum Gasteiger partial charge on any atom is -0.291 e. The normalized spacial score (nSPS) is 15.8. The monoisotopic (exact) mass is 165 g/mol. The third-order valence-electron chi connectivity index (χ3n) is 1.88. The third-order valence-corrected chi connectivity index (χ3v) is 1.88. The highest BCUT2D eigenvalue weighted by atomic mass is 16.2. The average Bonchev–Trinajstić information content (AvgIpc) is 2.33. The summed E-state index contributed by atoms with van der Waals surface area (Å²) in [6.07, 6.45) is 0.239. The van der Waals surface area contributed by atoms with Crippen molar-refractivity contribution < 1.29 is 9.59 Å². The summed E-state index contributed by atoms with van der Waals surface area (Å²) in [5, 5.41) is 8.64. The molecule has 0 aromatic carbocycles. The molecule has 0 bridgehead atoms. The quantitative estimate of drug-likeness (QED) is 0.510. The summed E-state index contributed by atoms with van der Waals surface area (Å²) in [5.74, 6) is -0.678. The summed E-state index contributed by atoms with van der Waals surface area (Å²) in [4.78, 5) is 22.0. The van der Waals surface area contributed by atoms with Crippen molar-refractivity contribution in [1.29, 1.82) is 0 Å². The van der Waals surface area contributed by atoms with Crippen LogP contribution in [0.1, 0.15) is 21.7 Å². The molecular weight excluding hydrogens is 158 g/mol. The van der Waals surface area contributed by atoms with Gasteiger partial charge in [-0.15, -0.1) is 0 Å². The number of aromatic nitrogens is 2. The first kappa shape index (κ1) is 7.02. The first-order valence-electron chi connectivity index (χ1n) is 3.56. The van der Waals surface area contributed by atoms with Gasteiger partial charge in [0.05, 0.1) is 6.42 Å². The van der Waals surface area contributed by atoms with Crippen LogP contribution in [0.5, 0.6) is 0 Å². The Morgan fingerprint density at radius 2 is 2.17 bits per heavy atom. The third kappa shape index (κ3) is 0.827. The predicted octanol–water partition coefficient (Wildman–Crippen LogP) is -0.469. The second kappa shape index (κ2) is 2.17. The topological polar surface area (TPSA) is 74.8 Å². The molecule has 1 aliphatic rings. The molecule has 0 saturated heterocycles. The van der Waals surface area contributed by atoms with Crippen LogP contribution in [0.4, 0.5) is 0 Å². The van der Waals surface area contributed by atoms with Crippen molar-refractivity contribution in [3.63, 3.8) is 0 Å². The van der Waals surface area contributed by atoms with E-state index in [-0.39, 0.29) is 12.3 Å². The number of hydrogen-bond acceptors (Lipinski definition) is 3. The largest absolute Gasteiger partial charge is 0.291 e. The molecule has 1 aliphatic heterocycles. The lowest BCUT2D eigenvalue weighted by molar-refractivity contribution is -0.119. The fraction of sp³-hybridized carbons (Fsp3) is 0.286. The minimum absolute atomic E-state index is 0.239. The number of aromatic amines is 1. The lowest BCUT2D eigenvalue weighted by atomic mass is 10.1. The lowest BCUT2D eigenvalue weighted by Gasteiger charge is -2.09. The van der Waals surface area contributed by atoms with Gasteiger partial charge in [0, 0.05) is 11.3 Å². The van der Waals surface area contributed by atoms with E-state index in [0.29, 0.717) is 11.3 Å². The molecule has 0 radical (unpaired) electrons. The molecule has 0 saturated carbocycles. The molecule has 62 valence electrons. The molecule has 1 aromatic rings. The second-order valence-electron chi connectivity index (χ2n) is 2.73. The van der Waals surface area contributed by atoms with Gasteiger partial charge in [0.25, 0.3) is 5.91 Å². The number of rotatable bonds is 0. The zero-order valence-electron chi connectivity index (χ0n) is 6.47. The SMILES string of the molecule is Cc1[nH]nc2c1CC(=O)NC2=O. The van der Waals surface area contributed by atoms with E-state index in [1.165, 1.54) is 0 Å². The van der Waals surface area contributed by atoms with Gasteiger partial charge in [0.1, 0.15) is 0 Å². The number of nitrogens with zero attached hydrogens (tertiary/aromatic N) is 1. The Kier molecular flexibility index (Phi) is 1.27. The molecular formula is C7H7N3O2. The Hall–Kier alpha value is -1.65. The van der Waals surface area contributed by atoms with Crippen LogP contribution in [0.15, 0.2) is 0 Å². The number of amides is 2. The number of hydrogen-bond donors (Lipinski definition) is 2. The van der Waals surface area contributed by atoms with Crippen LogP contribution in [0, 0.1) is 6.92 Å². The van der Waals surface area contributed by atoms with Gasteiger partial charge in [-0.05, 0) is 6.92 Å². The molecule has 0 aliphatic carbocycles. The molecule has 0 unspecified atom stereocenters. The lowest BCUT2D eigenvalue weighted by Crippen LogP contribution is -2.37. The van der Waals surface area contributed by atoms with Gasteiger partial charge in [-0.3, -0.25) is 20.0 Å². The number of fused-ring (bicyclic) bond motifs is 1. The van der Waals surface area contributed by atoms with Gasteiger partial charge in [-0.2, -0.15) is 5.10 Å². The molecule has 12 heavy (non-hydrogen) atoms. The van der Waals surface area contributed by atoms with Crippen LogP contribution >= 0.6 is 0 Å². The highest BCUT2D eigenvalue weighted by molar-refractivity contribution is 6.08. The van der Waals surface area contributed by atoms with Crippen molar-refractivity contribution in [3.8, 4) is 0 Å². The number of carbonyl (C=O) groups is 2. The molecule has 0 spiro atoms. The van der Waals surface area contributed by atoms with Gasteiger partial charge in [-0.25, -0.2) is 0 Å². The zero-order valence-corrected chi connectivity index (χ0v) is 6.47. The van der Waals surface area contributed by atoms with Gasteiger partial charge >= 0.3 is 0 Å². The fourth-order valence-electron chi connectivity index (χ4n) is 1.25. The van der Waals surface area contributed by atoms with E-state index in [4.69, 9.17) is 0 Å². The molecule has 0 fully saturated rings. The van der Waals surface area contributed by atoms with E-state index >= 15 is 0 Å². The smallest absolute Gasteiger partial charge is 0.278 e. The van der Waals surface area contributed by atoms with Crippen molar-refractivity contribution in [2.45, 2.75) is 13.3 Å². The minimum atomic E-state index is -0.411. The van der Waals surface area contributed by atoms with Crippen LogP contribution in [0.3, 0.4) is 0 Å². The maximum Gasteiger partial charge on any atom is 0.278 e. The van der Waals surface area contributed by atoms with E-state index < -0.39 is 5.91 Å². The molecule has 5 nitrogen and oxygen atoms in total. The van der Waals surface area contributed by atoms with Gasteiger partial charge < -0.3 is 0 Å². The van der Waals surface area contributed by atoms with Crippen molar-refractivity contribution in [2.24, 2.45) is 0 Å². The number of carbonyl (C=O) groups excluding carboxylic acids is 2. The van der Waals surface area contributed by atoms with E-state index in [0.717, 1.165) is 5.69 Å². The molecule has 2 amide bonds. The Morgan fingerprint density at radius 3 is 2.92 bits per heavy atom. The van der Waals surface area contributed by atoms with E-state index in [9.17, 15) is 9.59 Å². The number of imide groups is 1. The molecule has 2 rings (SSSR count). The summed E-state index contributed by atoms with van der Waals surface area (Å²) in [7, 11) is 0. The summed E-state index contributed by atoms with van der Waals surface area (Å²) >= 11 is 0. The van der Waals surface area contributed by atoms with Crippen molar-refractivity contribution in [3.05, 3.63) is 17.0 Å². The van der Waals surface area contributed by atoms with E-state index in [2.05, 4.69) is 15.5 Å². The fourth-order valence-corrected chi connectivity index (χ4v) is 1.25. The number of aryl methyl sites for hydroxylation is 1. The Morgan fingerprint density at radius 1 is 1.42 bits per heavy atom. The highest BCUT2D eigenvalue weighted by Crippen LogP contribution is 2.14. The summed E-state index contributed by atoms with van der Waals surface area (Å²) < 4.78 is 0. The highest BCUT2D eigenvalue weighted by Gasteiger charge is 2.26. The molecule has 5 heteroatoms. The second-order valence-corrected chi connectivity index (χ2v) is 2.73. The van der Waals surface area contributed by atoms with Crippen LogP contribution in [-0.4, -0.2) is 22.0 Å². The summed E-state index contributed by atoms with van der Waals surface area (Å²) in [5.41, 5.74) is 1.84. The number of H-pyrrole nitrogens is 1. The molecule has 2 N–H and O–H groups in total. The maximum atomic E-state index is 11.1. The predicted molar refractivity (Wildman–Crippen MR) is 39.5 cm³/mol.